The average molecular weight is 182 g/mol. The molecule has 2 aliphatic carbocycles. The van der Waals surface area contributed by atoms with Crippen molar-refractivity contribution in [3.63, 3.8) is 0 Å². The molecule has 0 aromatic heterocycles. The van der Waals surface area contributed by atoms with E-state index in [0.29, 0.717) is 5.41 Å². The molecule has 14 heavy (non-hydrogen) atoms. The Labute approximate surface area is 85.0 Å². The zero-order chi connectivity index (χ0) is 9.76. The van der Waals surface area contributed by atoms with Crippen LogP contribution in [0.5, 0.6) is 0 Å². The minimum atomic E-state index is 0.340. The summed E-state index contributed by atoms with van der Waals surface area (Å²) in [6.45, 7) is 4.60. The number of fused-ring (bicyclic) bond motifs is 4. The fourth-order valence-corrected chi connectivity index (χ4v) is 2.37. The van der Waals surface area contributed by atoms with Crippen LogP contribution < -0.4 is 0 Å². The first-order valence-corrected chi connectivity index (χ1v) is 5.21. The first-order chi connectivity index (χ1) is 6.67. The van der Waals surface area contributed by atoms with Gasteiger partial charge in [-0.2, -0.15) is 0 Å². The van der Waals surface area contributed by atoms with E-state index < -0.39 is 0 Å². The Morgan fingerprint density at radius 1 is 1.00 bits per heavy atom. The van der Waals surface area contributed by atoms with Gasteiger partial charge in [-0.3, -0.25) is 0 Å². The highest BCUT2D eigenvalue weighted by Crippen LogP contribution is 2.50. The predicted molar refractivity (Wildman–Crippen MR) is 60.8 cm³/mol. The monoisotopic (exact) mass is 182 g/mol. The van der Waals surface area contributed by atoms with Gasteiger partial charge in [0, 0.05) is 0 Å². The summed E-state index contributed by atoms with van der Waals surface area (Å²) in [7, 11) is 0. The Balaban J connectivity index is 2.19. The molecule has 1 aromatic rings. The fourth-order valence-electron chi connectivity index (χ4n) is 2.37. The van der Waals surface area contributed by atoms with Crippen LogP contribution in [0.25, 0.3) is 11.1 Å². The molecule has 0 heterocycles. The molecule has 3 rings (SSSR count). The lowest BCUT2D eigenvalue weighted by Crippen LogP contribution is -2.17. The highest BCUT2D eigenvalue weighted by Gasteiger charge is 2.31. The third kappa shape index (κ3) is 0.942. The maximum atomic E-state index is 2.42. The van der Waals surface area contributed by atoms with Gasteiger partial charge in [-0.15, -0.1) is 0 Å². The lowest BCUT2D eigenvalue weighted by atomic mass is 9.69. The van der Waals surface area contributed by atoms with Crippen LogP contribution >= 0.6 is 0 Å². The van der Waals surface area contributed by atoms with Crippen molar-refractivity contribution < 1.29 is 0 Å². The van der Waals surface area contributed by atoms with Crippen LogP contribution in [0.2, 0.25) is 0 Å². The zero-order valence-corrected chi connectivity index (χ0v) is 8.67. The molecule has 0 amide bonds. The molecule has 70 valence electrons. The van der Waals surface area contributed by atoms with E-state index in [-0.39, 0.29) is 0 Å². The summed E-state index contributed by atoms with van der Waals surface area (Å²) in [5.74, 6) is 0. The van der Waals surface area contributed by atoms with Crippen LogP contribution in [0.3, 0.4) is 0 Å². The molecule has 0 saturated heterocycles. The molecular weight excluding hydrogens is 168 g/mol. The second-order valence-electron chi connectivity index (χ2n) is 4.91. The molecule has 1 aromatic carbocycles. The van der Waals surface area contributed by atoms with Crippen molar-refractivity contribution in [2.75, 3.05) is 0 Å². The summed E-state index contributed by atoms with van der Waals surface area (Å²) in [4.78, 5) is 0. The molecule has 0 aliphatic heterocycles. The van der Waals surface area contributed by atoms with E-state index in [1.165, 1.54) is 28.7 Å². The van der Waals surface area contributed by atoms with Crippen molar-refractivity contribution in [3.8, 4) is 0 Å². The van der Waals surface area contributed by atoms with Crippen LogP contribution in [-0.2, 0) is 0 Å². The topological polar surface area (TPSA) is 0 Å². The fraction of sp³-hybridized carbons (Fsp3) is 0.286. The molecule has 0 fully saturated rings. The summed E-state index contributed by atoms with van der Waals surface area (Å²) in [6.07, 6.45) is 5.97. The Morgan fingerprint density at radius 3 is 2.36 bits per heavy atom. The van der Waals surface area contributed by atoms with Gasteiger partial charge in [-0.25, -0.2) is 0 Å². The van der Waals surface area contributed by atoms with E-state index in [9.17, 15) is 0 Å². The second-order valence-corrected chi connectivity index (χ2v) is 4.91. The summed E-state index contributed by atoms with van der Waals surface area (Å²) in [5, 5.41) is 0. The van der Waals surface area contributed by atoms with Gasteiger partial charge >= 0.3 is 0 Å². The molecular formula is C14H14. The van der Waals surface area contributed by atoms with Crippen molar-refractivity contribution in [1.82, 2.24) is 0 Å². The third-order valence-electron chi connectivity index (χ3n) is 3.16. The molecule has 2 aliphatic rings. The summed E-state index contributed by atoms with van der Waals surface area (Å²) in [6, 6.07) is 8.69. The van der Waals surface area contributed by atoms with E-state index in [1.807, 2.05) is 0 Å². The van der Waals surface area contributed by atoms with Gasteiger partial charge < -0.3 is 0 Å². The van der Waals surface area contributed by atoms with Gasteiger partial charge in [0.05, 0.1) is 0 Å². The second kappa shape index (κ2) is 2.38. The van der Waals surface area contributed by atoms with Crippen LogP contribution in [0, 0.1) is 5.41 Å². The van der Waals surface area contributed by atoms with Crippen molar-refractivity contribution in [1.29, 1.82) is 0 Å². The Bertz CT molecular complexity index is 459. The largest absolute Gasteiger partial charge is 0.0752 e. The minimum absolute atomic E-state index is 0.340. The SMILES string of the molecule is CC1(C)C=C2C(=CC1)c1ccccc12. The van der Waals surface area contributed by atoms with Crippen molar-refractivity contribution in [2.45, 2.75) is 20.3 Å². The normalized spacial score (nSPS) is 21.3. The van der Waals surface area contributed by atoms with Gasteiger partial charge in [-0.1, -0.05) is 50.3 Å². The Morgan fingerprint density at radius 2 is 1.64 bits per heavy atom. The molecule has 0 nitrogen and oxygen atoms in total. The molecule has 0 heteroatoms. The first-order valence-electron chi connectivity index (χ1n) is 5.21. The molecule has 0 radical (unpaired) electrons. The van der Waals surface area contributed by atoms with Crippen LogP contribution in [0.15, 0.2) is 36.4 Å². The number of benzene rings is 1. The highest BCUT2D eigenvalue weighted by atomic mass is 14.3. The van der Waals surface area contributed by atoms with Gasteiger partial charge in [0.2, 0.25) is 0 Å². The zero-order valence-electron chi connectivity index (χ0n) is 8.67. The maximum absolute atomic E-state index is 2.42. The maximum Gasteiger partial charge on any atom is -0.0102 e. The van der Waals surface area contributed by atoms with Crippen molar-refractivity contribution >= 4 is 11.1 Å². The van der Waals surface area contributed by atoms with E-state index in [1.54, 1.807) is 0 Å². The number of allylic oxidation sites excluding steroid dienone is 4. The van der Waals surface area contributed by atoms with E-state index in [2.05, 4.69) is 50.3 Å². The summed E-state index contributed by atoms with van der Waals surface area (Å²) >= 11 is 0. The van der Waals surface area contributed by atoms with E-state index >= 15 is 0 Å². The van der Waals surface area contributed by atoms with Crippen molar-refractivity contribution in [3.05, 3.63) is 47.5 Å². The average Bonchev–Trinajstić information content (AvgIpc) is 2.14. The smallest absolute Gasteiger partial charge is 0.0102 e. The molecule has 0 atom stereocenters. The quantitative estimate of drug-likeness (QED) is 0.571. The molecule has 0 unspecified atom stereocenters. The first kappa shape index (κ1) is 8.05. The van der Waals surface area contributed by atoms with Gasteiger partial charge in [0.1, 0.15) is 0 Å². The van der Waals surface area contributed by atoms with Gasteiger partial charge in [0.25, 0.3) is 0 Å². The number of hydrogen-bond donors (Lipinski definition) is 0. The lowest BCUT2D eigenvalue weighted by Gasteiger charge is -2.35. The number of hydrogen-bond acceptors (Lipinski definition) is 0. The molecule has 0 saturated carbocycles. The minimum Gasteiger partial charge on any atom is -0.0752 e. The molecule has 0 bridgehead atoms. The van der Waals surface area contributed by atoms with Crippen molar-refractivity contribution in [2.24, 2.45) is 5.41 Å². The Hall–Kier alpha value is -1.30. The predicted octanol–water partition coefficient (Wildman–Crippen LogP) is 3.90. The lowest BCUT2D eigenvalue weighted by molar-refractivity contribution is 0.487. The van der Waals surface area contributed by atoms with Crippen LogP contribution in [0.4, 0.5) is 0 Å². The van der Waals surface area contributed by atoms with Crippen LogP contribution in [-0.4, -0.2) is 0 Å². The highest BCUT2D eigenvalue weighted by molar-refractivity contribution is 6.17. The molecule has 0 N–H and O–H groups in total. The molecule has 0 spiro atoms. The summed E-state index contributed by atoms with van der Waals surface area (Å²) in [5.41, 5.74) is 6.16. The van der Waals surface area contributed by atoms with E-state index in [0.717, 1.165) is 0 Å². The van der Waals surface area contributed by atoms with E-state index in [4.69, 9.17) is 0 Å². The van der Waals surface area contributed by atoms with Gasteiger partial charge in [0.15, 0.2) is 0 Å². The standard InChI is InChI=1S/C14H14/c1-14(2)8-7-12-10-5-3-4-6-11(10)13(12)9-14/h3-7,9H,8H2,1-2H3. The number of rotatable bonds is 0. The van der Waals surface area contributed by atoms with Gasteiger partial charge in [-0.05, 0) is 34.1 Å². The third-order valence-corrected chi connectivity index (χ3v) is 3.16. The van der Waals surface area contributed by atoms with Crippen LogP contribution in [0.1, 0.15) is 31.4 Å². The Kier molecular flexibility index (Phi) is 1.37. The summed E-state index contributed by atoms with van der Waals surface area (Å²) < 4.78 is 0.